The van der Waals surface area contributed by atoms with Gasteiger partial charge in [-0.15, -0.1) is 0 Å². The molecule has 1 saturated heterocycles. The van der Waals surface area contributed by atoms with E-state index in [-0.39, 0.29) is 12.3 Å². The number of amides is 1. The van der Waals surface area contributed by atoms with E-state index in [1.54, 1.807) is 25.4 Å². The molecule has 0 saturated carbocycles. The van der Waals surface area contributed by atoms with Gasteiger partial charge >= 0.3 is 0 Å². The Labute approximate surface area is 129 Å². The number of hydrogen-bond acceptors (Lipinski definition) is 6. The van der Waals surface area contributed by atoms with Crippen molar-refractivity contribution in [2.75, 3.05) is 31.1 Å². The summed E-state index contributed by atoms with van der Waals surface area (Å²) >= 11 is 0. The fraction of sp³-hybridized carbons (Fsp3) is 0.467. The van der Waals surface area contributed by atoms with Gasteiger partial charge in [-0.1, -0.05) is 0 Å². The van der Waals surface area contributed by atoms with Crippen molar-refractivity contribution < 1.29 is 9.21 Å². The summed E-state index contributed by atoms with van der Waals surface area (Å²) in [5, 5.41) is 0. The first kappa shape index (κ1) is 14.5. The van der Waals surface area contributed by atoms with E-state index in [2.05, 4.69) is 19.9 Å². The van der Waals surface area contributed by atoms with Crippen molar-refractivity contribution in [3.63, 3.8) is 0 Å². The Morgan fingerprint density at radius 1 is 1.18 bits per heavy atom. The van der Waals surface area contributed by atoms with Gasteiger partial charge in [0.05, 0.1) is 12.1 Å². The quantitative estimate of drug-likeness (QED) is 0.841. The molecule has 0 radical (unpaired) electrons. The molecule has 22 heavy (non-hydrogen) atoms. The summed E-state index contributed by atoms with van der Waals surface area (Å²) in [6, 6.07) is 1.80. The molecule has 0 unspecified atom stereocenters. The number of nitrogens with zero attached hydrogens (tertiary/aromatic N) is 5. The largest absolute Gasteiger partial charge is 0.445 e. The van der Waals surface area contributed by atoms with Crippen LogP contribution in [-0.4, -0.2) is 51.9 Å². The molecule has 3 heterocycles. The lowest BCUT2D eigenvalue weighted by atomic mass is 10.2. The molecule has 1 aliphatic heterocycles. The number of oxazole rings is 1. The number of hydrogen-bond donors (Lipinski definition) is 0. The van der Waals surface area contributed by atoms with Crippen LogP contribution in [-0.2, 0) is 11.2 Å². The van der Waals surface area contributed by atoms with E-state index in [1.165, 1.54) is 0 Å². The summed E-state index contributed by atoms with van der Waals surface area (Å²) < 4.78 is 5.48. The summed E-state index contributed by atoms with van der Waals surface area (Å²) in [6.45, 7) is 6.48. The SMILES string of the molecule is Cc1nc(C)c(CC(=O)N2CCN(c3ncccn3)CC2)o1. The van der Waals surface area contributed by atoms with E-state index in [4.69, 9.17) is 4.42 Å². The summed E-state index contributed by atoms with van der Waals surface area (Å²) in [5.74, 6) is 2.06. The Balaban J connectivity index is 1.57. The van der Waals surface area contributed by atoms with Crippen molar-refractivity contribution in [2.45, 2.75) is 20.3 Å². The van der Waals surface area contributed by atoms with E-state index in [1.807, 2.05) is 11.8 Å². The van der Waals surface area contributed by atoms with Crippen LogP contribution in [0.2, 0.25) is 0 Å². The molecule has 0 atom stereocenters. The predicted molar refractivity (Wildman–Crippen MR) is 80.5 cm³/mol. The second kappa shape index (κ2) is 6.13. The van der Waals surface area contributed by atoms with Gasteiger partial charge in [-0.2, -0.15) is 0 Å². The normalized spacial score (nSPS) is 15.2. The second-order valence-corrected chi connectivity index (χ2v) is 5.33. The van der Waals surface area contributed by atoms with Gasteiger partial charge in [-0.25, -0.2) is 15.0 Å². The Bertz CT molecular complexity index is 647. The Morgan fingerprint density at radius 3 is 2.45 bits per heavy atom. The molecule has 7 heteroatoms. The average molecular weight is 301 g/mol. The number of aryl methyl sites for hydroxylation is 2. The Morgan fingerprint density at radius 2 is 1.86 bits per heavy atom. The average Bonchev–Trinajstić information content (AvgIpc) is 2.86. The van der Waals surface area contributed by atoms with E-state index in [0.717, 1.165) is 24.7 Å². The third-order valence-corrected chi connectivity index (χ3v) is 3.78. The highest BCUT2D eigenvalue weighted by atomic mass is 16.4. The van der Waals surface area contributed by atoms with Crippen molar-refractivity contribution in [3.8, 4) is 0 Å². The second-order valence-electron chi connectivity index (χ2n) is 5.33. The third kappa shape index (κ3) is 3.08. The Hall–Kier alpha value is -2.44. The number of rotatable bonds is 3. The monoisotopic (exact) mass is 301 g/mol. The molecule has 0 aliphatic carbocycles. The van der Waals surface area contributed by atoms with Crippen LogP contribution < -0.4 is 4.90 Å². The number of anilines is 1. The van der Waals surface area contributed by atoms with Crippen molar-refractivity contribution in [1.82, 2.24) is 19.9 Å². The third-order valence-electron chi connectivity index (χ3n) is 3.78. The van der Waals surface area contributed by atoms with Crippen molar-refractivity contribution >= 4 is 11.9 Å². The van der Waals surface area contributed by atoms with Crippen LogP contribution in [0.25, 0.3) is 0 Å². The van der Waals surface area contributed by atoms with Crippen LogP contribution in [0.4, 0.5) is 5.95 Å². The maximum absolute atomic E-state index is 12.4. The maximum Gasteiger partial charge on any atom is 0.230 e. The highest BCUT2D eigenvalue weighted by Crippen LogP contribution is 2.14. The first-order valence-corrected chi connectivity index (χ1v) is 7.36. The van der Waals surface area contributed by atoms with Crippen LogP contribution in [0, 0.1) is 13.8 Å². The number of aromatic nitrogens is 3. The van der Waals surface area contributed by atoms with E-state index in [0.29, 0.717) is 24.7 Å². The smallest absolute Gasteiger partial charge is 0.230 e. The molecule has 0 aromatic carbocycles. The van der Waals surface area contributed by atoms with Gasteiger partial charge in [0.1, 0.15) is 5.76 Å². The molecule has 0 bridgehead atoms. The zero-order valence-corrected chi connectivity index (χ0v) is 12.8. The number of carbonyl (C=O) groups excluding carboxylic acids is 1. The van der Waals surface area contributed by atoms with Gasteiger partial charge in [0, 0.05) is 45.5 Å². The molecule has 3 rings (SSSR count). The fourth-order valence-corrected chi connectivity index (χ4v) is 2.60. The van der Waals surface area contributed by atoms with Crippen molar-refractivity contribution in [2.24, 2.45) is 0 Å². The molecular weight excluding hydrogens is 282 g/mol. The molecule has 1 fully saturated rings. The lowest BCUT2D eigenvalue weighted by Gasteiger charge is -2.34. The van der Waals surface area contributed by atoms with E-state index in [9.17, 15) is 4.79 Å². The molecule has 7 nitrogen and oxygen atoms in total. The van der Waals surface area contributed by atoms with Gasteiger partial charge in [-0.3, -0.25) is 4.79 Å². The fourth-order valence-electron chi connectivity index (χ4n) is 2.60. The minimum Gasteiger partial charge on any atom is -0.445 e. The zero-order valence-electron chi connectivity index (χ0n) is 12.8. The first-order chi connectivity index (χ1) is 10.6. The first-order valence-electron chi connectivity index (χ1n) is 7.36. The van der Waals surface area contributed by atoms with E-state index >= 15 is 0 Å². The van der Waals surface area contributed by atoms with Crippen molar-refractivity contribution in [1.29, 1.82) is 0 Å². The van der Waals surface area contributed by atoms with Crippen LogP contribution in [0.15, 0.2) is 22.9 Å². The number of piperazine rings is 1. The Kier molecular flexibility index (Phi) is 4.04. The van der Waals surface area contributed by atoms with Gasteiger partial charge in [-0.05, 0) is 13.0 Å². The van der Waals surface area contributed by atoms with Crippen LogP contribution in [0.3, 0.4) is 0 Å². The van der Waals surface area contributed by atoms with Crippen LogP contribution in [0.5, 0.6) is 0 Å². The maximum atomic E-state index is 12.4. The molecule has 0 N–H and O–H groups in total. The standard InChI is InChI=1S/C15H19N5O2/c1-11-13(22-12(2)18-11)10-14(21)19-6-8-20(9-7-19)15-16-4-3-5-17-15/h3-5H,6-10H2,1-2H3. The molecule has 1 amide bonds. The highest BCUT2D eigenvalue weighted by Gasteiger charge is 2.24. The lowest BCUT2D eigenvalue weighted by molar-refractivity contribution is -0.131. The minimum absolute atomic E-state index is 0.0767. The number of carbonyl (C=O) groups is 1. The summed E-state index contributed by atoms with van der Waals surface area (Å²) in [6.07, 6.45) is 3.73. The van der Waals surface area contributed by atoms with E-state index < -0.39 is 0 Å². The highest BCUT2D eigenvalue weighted by molar-refractivity contribution is 5.78. The molecule has 1 aliphatic rings. The molecular formula is C15H19N5O2. The summed E-state index contributed by atoms with van der Waals surface area (Å²) in [4.78, 5) is 29.0. The van der Waals surface area contributed by atoms with Crippen molar-refractivity contribution in [3.05, 3.63) is 35.8 Å². The zero-order chi connectivity index (χ0) is 15.5. The molecule has 0 spiro atoms. The summed E-state index contributed by atoms with van der Waals surface area (Å²) in [5.41, 5.74) is 0.794. The van der Waals surface area contributed by atoms with Gasteiger partial charge < -0.3 is 14.2 Å². The van der Waals surface area contributed by atoms with Gasteiger partial charge in [0.25, 0.3) is 0 Å². The summed E-state index contributed by atoms with van der Waals surface area (Å²) in [7, 11) is 0. The molecule has 116 valence electrons. The van der Waals surface area contributed by atoms with Crippen LogP contribution >= 0.6 is 0 Å². The lowest BCUT2D eigenvalue weighted by Crippen LogP contribution is -2.49. The van der Waals surface area contributed by atoms with Crippen LogP contribution in [0.1, 0.15) is 17.3 Å². The van der Waals surface area contributed by atoms with Gasteiger partial charge in [0.15, 0.2) is 5.89 Å². The predicted octanol–water partition coefficient (Wildman–Crippen LogP) is 0.973. The molecule has 2 aromatic rings. The topological polar surface area (TPSA) is 75.4 Å². The van der Waals surface area contributed by atoms with Gasteiger partial charge in [0.2, 0.25) is 11.9 Å². The molecule has 2 aromatic heterocycles. The minimum atomic E-state index is 0.0767.